The number of carbonyl (C=O) groups is 1. The normalized spacial score (nSPS) is 9.92. The van der Waals surface area contributed by atoms with Gasteiger partial charge in [-0.2, -0.15) is 0 Å². The molecule has 0 spiro atoms. The van der Waals surface area contributed by atoms with Crippen LogP contribution in [0.1, 0.15) is 0 Å². The lowest BCUT2D eigenvalue weighted by Gasteiger charge is -2.05. The van der Waals surface area contributed by atoms with Crippen LogP contribution in [0.15, 0.2) is 23.1 Å². The van der Waals surface area contributed by atoms with E-state index < -0.39 is 5.97 Å². The van der Waals surface area contributed by atoms with Gasteiger partial charge in [-0.3, -0.25) is 0 Å². The van der Waals surface area contributed by atoms with E-state index in [-0.39, 0.29) is 5.75 Å². The summed E-state index contributed by atoms with van der Waals surface area (Å²) in [5.41, 5.74) is 6.11. The SMILES string of the molecule is Nc1ccc(Cl)cc1SCC(=O)[O-]. The Morgan fingerprint density at radius 3 is 2.92 bits per heavy atom. The van der Waals surface area contributed by atoms with Gasteiger partial charge < -0.3 is 15.6 Å². The van der Waals surface area contributed by atoms with Crippen molar-refractivity contribution in [3.8, 4) is 0 Å². The van der Waals surface area contributed by atoms with Gasteiger partial charge in [-0.15, -0.1) is 11.8 Å². The third-order valence-corrected chi connectivity index (χ3v) is 2.60. The molecule has 13 heavy (non-hydrogen) atoms. The molecule has 0 heterocycles. The van der Waals surface area contributed by atoms with Crippen molar-refractivity contribution < 1.29 is 9.90 Å². The molecule has 0 unspecified atom stereocenters. The van der Waals surface area contributed by atoms with Gasteiger partial charge in [0.05, 0.1) is 5.97 Å². The molecule has 0 bridgehead atoms. The lowest BCUT2D eigenvalue weighted by molar-refractivity contribution is -0.301. The predicted molar refractivity (Wildman–Crippen MR) is 51.6 cm³/mol. The van der Waals surface area contributed by atoms with E-state index in [4.69, 9.17) is 17.3 Å². The van der Waals surface area contributed by atoms with E-state index in [2.05, 4.69) is 0 Å². The van der Waals surface area contributed by atoms with E-state index in [0.717, 1.165) is 11.8 Å². The van der Waals surface area contributed by atoms with Crippen molar-refractivity contribution in [2.45, 2.75) is 4.90 Å². The van der Waals surface area contributed by atoms with Gasteiger partial charge in [0.25, 0.3) is 0 Å². The number of nitrogens with two attached hydrogens (primary N) is 1. The molecule has 0 amide bonds. The molecule has 1 rings (SSSR count). The molecule has 2 N–H and O–H groups in total. The van der Waals surface area contributed by atoms with Crippen molar-refractivity contribution >= 4 is 35.0 Å². The highest BCUT2D eigenvalue weighted by Crippen LogP contribution is 2.27. The van der Waals surface area contributed by atoms with Gasteiger partial charge in [-0.25, -0.2) is 0 Å². The minimum atomic E-state index is -1.12. The molecule has 0 radical (unpaired) electrons. The van der Waals surface area contributed by atoms with Crippen molar-refractivity contribution in [1.29, 1.82) is 0 Å². The third kappa shape index (κ3) is 3.16. The molecule has 0 saturated heterocycles. The Morgan fingerprint density at radius 2 is 2.31 bits per heavy atom. The largest absolute Gasteiger partial charge is 0.549 e. The Labute approximate surface area is 84.9 Å². The van der Waals surface area contributed by atoms with Crippen LogP contribution in [0.5, 0.6) is 0 Å². The zero-order valence-corrected chi connectivity index (χ0v) is 8.19. The lowest BCUT2D eigenvalue weighted by atomic mass is 10.3. The van der Waals surface area contributed by atoms with Gasteiger partial charge in [-0.05, 0) is 18.2 Å². The Kier molecular flexibility index (Phi) is 3.45. The highest BCUT2D eigenvalue weighted by Gasteiger charge is 2.00. The van der Waals surface area contributed by atoms with E-state index in [0.29, 0.717) is 15.6 Å². The molecule has 0 atom stereocenters. The average molecular weight is 217 g/mol. The molecule has 0 aromatic heterocycles. The summed E-state index contributed by atoms with van der Waals surface area (Å²) >= 11 is 6.80. The molecule has 0 aliphatic heterocycles. The van der Waals surface area contributed by atoms with E-state index in [9.17, 15) is 9.90 Å². The molecule has 0 fully saturated rings. The topological polar surface area (TPSA) is 66.2 Å². The van der Waals surface area contributed by atoms with Crippen LogP contribution in [0.4, 0.5) is 5.69 Å². The number of anilines is 1. The molecule has 3 nitrogen and oxygen atoms in total. The summed E-state index contributed by atoms with van der Waals surface area (Å²) < 4.78 is 0. The smallest absolute Gasteiger partial charge is 0.0517 e. The minimum absolute atomic E-state index is 0.120. The first-order valence-corrected chi connectivity index (χ1v) is 4.83. The summed E-state index contributed by atoms with van der Waals surface area (Å²) in [6, 6.07) is 4.92. The molecule has 70 valence electrons. The third-order valence-electron chi connectivity index (χ3n) is 1.32. The molecular formula is C8H7ClNO2S-. The zero-order valence-electron chi connectivity index (χ0n) is 6.62. The Hall–Kier alpha value is -0.870. The first kappa shape index (κ1) is 10.2. The van der Waals surface area contributed by atoms with Gasteiger partial charge in [0.2, 0.25) is 0 Å². The molecule has 0 aliphatic carbocycles. The van der Waals surface area contributed by atoms with Gasteiger partial charge in [-0.1, -0.05) is 11.6 Å². The molecule has 0 aliphatic rings. The van der Waals surface area contributed by atoms with Crippen LogP contribution in [0.25, 0.3) is 0 Å². The quantitative estimate of drug-likeness (QED) is 0.599. The number of aliphatic carboxylic acids is 1. The van der Waals surface area contributed by atoms with E-state index in [1.165, 1.54) is 0 Å². The number of hydrogen-bond acceptors (Lipinski definition) is 4. The maximum absolute atomic E-state index is 10.2. The van der Waals surface area contributed by atoms with Crippen LogP contribution in [0.3, 0.4) is 0 Å². The fourth-order valence-corrected chi connectivity index (χ4v) is 1.73. The summed E-state index contributed by atoms with van der Waals surface area (Å²) in [6.07, 6.45) is 0. The summed E-state index contributed by atoms with van der Waals surface area (Å²) in [5, 5.41) is 10.7. The maximum atomic E-state index is 10.2. The maximum Gasteiger partial charge on any atom is 0.0517 e. The second-order valence-electron chi connectivity index (χ2n) is 2.34. The van der Waals surface area contributed by atoms with Crippen molar-refractivity contribution in [1.82, 2.24) is 0 Å². The Bertz CT molecular complexity index is 330. The number of nitrogen functional groups attached to an aromatic ring is 1. The second-order valence-corrected chi connectivity index (χ2v) is 3.80. The fourth-order valence-electron chi connectivity index (χ4n) is 0.770. The highest BCUT2D eigenvalue weighted by molar-refractivity contribution is 8.00. The van der Waals surface area contributed by atoms with Crippen molar-refractivity contribution in [3.05, 3.63) is 23.2 Å². The summed E-state index contributed by atoms with van der Waals surface area (Å²) in [5.74, 6) is -1.24. The van der Waals surface area contributed by atoms with Crippen molar-refractivity contribution in [3.63, 3.8) is 0 Å². The lowest BCUT2D eigenvalue weighted by Crippen LogP contribution is -2.24. The predicted octanol–water partition coefficient (Wildman–Crippen LogP) is 0.764. The number of carboxylic acid groups (broad SMARTS) is 1. The number of hydrogen-bond donors (Lipinski definition) is 1. The van der Waals surface area contributed by atoms with Gasteiger partial charge >= 0.3 is 0 Å². The molecule has 1 aromatic carbocycles. The zero-order chi connectivity index (χ0) is 9.84. The Balaban J connectivity index is 2.75. The number of carboxylic acids is 1. The van der Waals surface area contributed by atoms with Crippen molar-refractivity contribution in [2.75, 3.05) is 11.5 Å². The van der Waals surface area contributed by atoms with Crippen LogP contribution >= 0.6 is 23.4 Å². The molecular weight excluding hydrogens is 210 g/mol. The number of rotatable bonds is 3. The van der Waals surface area contributed by atoms with E-state index in [1.54, 1.807) is 18.2 Å². The number of benzene rings is 1. The summed E-state index contributed by atoms with van der Waals surface area (Å²) in [7, 11) is 0. The standard InChI is InChI=1S/C8H8ClNO2S/c9-5-1-2-6(10)7(3-5)13-4-8(11)12/h1-3H,4,10H2,(H,11,12)/p-1. The second kappa shape index (κ2) is 4.39. The van der Waals surface area contributed by atoms with Gasteiger partial charge in [0, 0.05) is 21.4 Å². The molecule has 0 saturated carbocycles. The first-order valence-electron chi connectivity index (χ1n) is 3.47. The van der Waals surface area contributed by atoms with Crippen LogP contribution < -0.4 is 10.8 Å². The van der Waals surface area contributed by atoms with E-state index in [1.807, 2.05) is 0 Å². The Morgan fingerprint density at radius 1 is 1.62 bits per heavy atom. The number of carbonyl (C=O) groups excluding carboxylic acids is 1. The van der Waals surface area contributed by atoms with Crippen LogP contribution in [-0.4, -0.2) is 11.7 Å². The monoisotopic (exact) mass is 216 g/mol. The van der Waals surface area contributed by atoms with E-state index >= 15 is 0 Å². The van der Waals surface area contributed by atoms with Crippen LogP contribution in [-0.2, 0) is 4.79 Å². The highest BCUT2D eigenvalue weighted by atomic mass is 35.5. The number of thioether (sulfide) groups is 1. The molecule has 1 aromatic rings. The van der Waals surface area contributed by atoms with Crippen LogP contribution in [0.2, 0.25) is 5.02 Å². The first-order chi connectivity index (χ1) is 6.09. The van der Waals surface area contributed by atoms with Crippen LogP contribution in [0, 0.1) is 0 Å². The molecule has 5 heteroatoms. The van der Waals surface area contributed by atoms with Gasteiger partial charge in [0.1, 0.15) is 0 Å². The minimum Gasteiger partial charge on any atom is -0.549 e. The average Bonchev–Trinajstić information content (AvgIpc) is 2.06. The summed E-state index contributed by atoms with van der Waals surface area (Å²) in [4.78, 5) is 10.8. The number of halogens is 1. The van der Waals surface area contributed by atoms with Gasteiger partial charge in [0.15, 0.2) is 0 Å². The van der Waals surface area contributed by atoms with Crippen molar-refractivity contribution in [2.24, 2.45) is 0 Å². The summed E-state index contributed by atoms with van der Waals surface area (Å²) in [6.45, 7) is 0. The fraction of sp³-hybridized carbons (Fsp3) is 0.125.